The highest BCUT2D eigenvalue weighted by atomic mass is 35.5. The molecule has 0 heterocycles. The molecule has 0 amide bonds. The van der Waals surface area contributed by atoms with Crippen molar-refractivity contribution in [2.75, 3.05) is 0 Å². The maximum atomic E-state index is 12.6. The maximum absolute atomic E-state index is 12.6. The zero-order valence-electron chi connectivity index (χ0n) is 6.22. The first-order valence-corrected chi connectivity index (χ1v) is 3.53. The number of rotatable bonds is 0. The van der Waals surface area contributed by atoms with Crippen LogP contribution in [0.25, 0.3) is 0 Å². The third-order valence-corrected chi connectivity index (χ3v) is 1.76. The van der Waals surface area contributed by atoms with Gasteiger partial charge in [0, 0.05) is 6.07 Å². The molecule has 0 fully saturated rings. The summed E-state index contributed by atoms with van der Waals surface area (Å²) in [4.78, 5) is 0. The molecule has 0 unspecified atom stereocenters. The number of alkyl halides is 3. The van der Waals surface area contributed by atoms with E-state index in [2.05, 4.69) is 0 Å². The van der Waals surface area contributed by atoms with Crippen LogP contribution in [-0.4, -0.2) is 0 Å². The molecule has 14 heavy (non-hydrogen) atoms. The van der Waals surface area contributed by atoms with Crippen LogP contribution in [-0.2, 0) is 6.18 Å². The molecule has 0 aliphatic rings. The summed E-state index contributed by atoms with van der Waals surface area (Å²) in [6, 6.07) is -0.0487. The second kappa shape index (κ2) is 3.34. The molecule has 0 N–H and O–H groups in total. The van der Waals surface area contributed by atoms with Crippen LogP contribution < -0.4 is 0 Å². The van der Waals surface area contributed by atoms with E-state index in [4.69, 9.17) is 11.6 Å². The third-order valence-electron chi connectivity index (χ3n) is 1.40. The molecule has 1 rings (SSSR count). The van der Waals surface area contributed by atoms with Crippen LogP contribution in [0.15, 0.2) is 6.07 Å². The van der Waals surface area contributed by atoms with Gasteiger partial charge in [-0.25, -0.2) is 13.2 Å². The largest absolute Gasteiger partial charge is 0.420 e. The van der Waals surface area contributed by atoms with Crippen molar-refractivity contribution in [1.82, 2.24) is 0 Å². The molecule has 0 bridgehead atoms. The molecule has 0 saturated carbocycles. The molecule has 0 spiro atoms. The van der Waals surface area contributed by atoms with Gasteiger partial charge in [-0.05, 0) is 0 Å². The van der Waals surface area contributed by atoms with Crippen LogP contribution >= 0.6 is 11.6 Å². The number of hydrogen-bond donors (Lipinski definition) is 0. The van der Waals surface area contributed by atoms with Crippen molar-refractivity contribution < 1.29 is 26.3 Å². The van der Waals surface area contributed by atoms with Crippen LogP contribution in [0.4, 0.5) is 26.3 Å². The predicted molar refractivity (Wildman–Crippen MR) is 36.3 cm³/mol. The Hall–Kier alpha value is -0.910. The third kappa shape index (κ3) is 1.79. The smallest absolute Gasteiger partial charge is 0.205 e. The van der Waals surface area contributed by atoms with Gasteiger partial charge in [-0.3, -0.25) is 0 Å². The van der Waals surface area contributed by atoms with E-state index in [-0.39, 0.29) is 6.07 Å². The first-order valence-electron chi connectivity index (χ1n) is 3.15. The highest BCUT2D eigenvalue weighted by Crippen LogP contribution is 2.38. The summed E-state index contributed by atoms with van der Waals surface area (Å²) in [5.74, 6) is -5.79. The Morgan fingerprint density at radius 1 is 1.00 bits per heavy atom. The van der Waals surface area contributed by atoms with Gasteiger partial charge in [-0.15, -0.1) is 0 Å². The highest BCUT2D eigenvalue weighted by Gasteiger charge is 2.39. The van der Waals surface area contributed by atoms with Gasteiger partial charge in [-0.2, -0.15) is 13.2 Å². The first kappa shape index (κ1) is 11.2. The van der Waals surface area contributed by atoms with Gasteiger partial charge in [0.05, 0.1) is 5.02 Å². The predicted octanol–water partition coefficient (Wildman–Crippen LogP) is 3.78. The Bertz CT molecular complexity index is 343. The van der Waals surface area contributed by atoms with Crippen LogP contribution in [0.5, 0.6) is 0 Å². The molecule has 1 aromatic carbocycles. The number of benzene rings is 1. The number of halogens is 7. The first-order chi connectivity index (χ1) is 6.25. The second-order valence-electron chi connectivity index (χ2n) is 2.34. The van der Waals surface area contributed by atoms with Crippen molar-refractivity contribution in [2.24, 2.45) is 0 Å². The average molecular weight is 235 g/mol. The van der Waals surface area contributed by atoms with E-state index in [0.717, 1.165) is 0 Å². The SMILES string of the molecule is Fc1cc(F)c(Cl)c(C(F)(F)F)c1F. The molecule has 0 atom stereocenters. The van der Waals surface area contributed by atoms with Crippen molar-refractivity contribution in [3.63, 3.8) is 0 Å². The lowest BCUT2D eigenvalue weighted by molar-refractivity contribution is -0.140. The lowest BCUT2D eigenvalue weighted by Gasteiger charge is -2.10. The van der Waals surface area contributed by atoms with Crippen molar-refractivity contribution in [3.8, 4) is 0 Å². The lowest BCUT2D eigenvalue weighted by Crippen LogP contribution is -2.11. The zero-order chi connectivity index (χ0) is 11.1. The van der Waals surface area contributed by atoms with Gasteiger partial charge in [0.2, 0.25) is 0 Å². The fourth-order valence-electron chi connectivity index (χ4n) is 0.822. The Labute approximate surface area is 79.1 Å². The minimum absolute atomic E-state index is 0.0487. The van der Waals surface area contributed by atoms with Gasteiger partial charge >= 0.3 is 6.18 Å². The molecular weight excluding hydrogens is 234 g/mol. The molecule has 0 aliphatic heterocycles. The monoisotopic (exact) mass is 234 g/mol. The van der Waals surface area contributed by atoms with E-state index in [0.29, 0.717) is 0 Å². The molecule has 0 aliphatic carbocycles. The molecule has 0 nitrogen and oxygen atoms in total. The summed E-state index contributed by atoms with van der Waals surface area (Å²) in [6.45, 7) is 0. The Balaban J connectivity index is 3.56. The summed E-state index contributed by atoms with van der Waals surface area (Å²) >= 11 is 4.85. The molecule has 0 radical (unpaired) electrons. The second-order valence-corrected chi connectivity index (χ2v) is 2.72. The van der Waals surface area contributed by atoms with E-state index in [1.165, 1.54) is 0 Å². The Kier molecular flexibility index (Phi) is 2.67. The normalized spacial score (nSPS) is 11.9. The summed E-state index contributed by atoms with van der Waals surface area (Å²) in [7, 11) is 0. The fraction of sp³-hybridized carbons (Fsp3) is 0.143. The molecular formula is C7HClF6. The summed E-state index contributed by atoms with van der Waals surface area (Å²) in [6.07, 6.45) is -5.23. The Morgan fingerprint density at radius 2 is 1.50 bits per heavy atom. The maximum Gasteiger partial charge on any atom is 0.420 e. The molecule has 0 saturated heterocycles. The van der Waals surface area contributed by atoms with E-state index in [9.17, 15) is 26.3 Å². The minimum Gasteiger partial charge on any atom is -0.205 e. The van der Waals surface area contributed by atoms with Crippen LogP contribution in [0.1, 0.15) is 5.56 Å². The highest BCUT2D eigenvalue weighted by molar-refractivity contribution is 6.31. The van der Waals surface area contributed by atoms with Crippen LogP contribution in [0.2, 0.25) is 5.02 Å². The van der Waals surface area contributed by atoms with Gasteiger partial charge in [0.1, 0.15) is 11.4 Å². The van der Waals surface area contributed by atoms with Gasteiger partial charge in [0.25, 0.3) is 0 Å². The summed E-state index contributed by atoms with van der Waals surface area (Å²) in [5.41, 5.74) is -2.13. The van der Waals surface area contributed by atoms with Crippen molar-refractivity contribution >= 4 is 11.6 Å². The van der Waals surface area contributed by atoms with Crippen LogP contribution in [0, 0.1) is 17.5 Å². The van der Waals surface area contributed by atoms with Gasteiger partial charge in [0.15, 0.2) is 11.6 Å². The molecule has 1 aromatic rings. The van der Waals surface area contributed by atoms with Gasteiger partial charge < -0.3 is 0 Å². The van der Waals surface area contributed by atoms with Crippen molar-refractivity contribution in [3.05, 3.63) is 34.1 Å². The fourth-order valence-corrected chi connectivity index (χ4v) is 1.07. The average Bonchev–Trinajstić information content (AvgIpc) is 1.98. The number of hydrogen-bond acceptors (Lipinski definition) is 0. The molecule has 7 heteroatoms. The molecule has 78 valence electrons. The Morgan fingerprint density at radius 3 is 1.93 bits per heavy atom. The quantitative estimate of drug-likeness (QED) is 0.473. The summed E-state index contributed by atoms with van der Waals surface area (Å²) < 4.78 is 73.5. The van der Waals surface area contributed by atoms with E-state index >= 15 is 0 Å². The lowest BCUT2D eigenvalue weighted by atomic mass is 10.2. The minimum atomic E-state index is -5.23. The van der Waals surface area contributed by atoms with Crippen LogP contribution in [0.3, 0.4) is 0 Å². The molecule has 0 aromatic heterocycles. The zero-order valence-corrected chi connectivity index (χ0v) is 6.98. The van der Waals surface area contributed by atoms with E-state index in [1.807, 2.05) is 0 Å². The van der Waals surface area contributed by atoms with Gasteiger partial charge in [-0.1, -0.05) is 11.6 Å². The van der Waals surface area contributed by atoms with E-state index < -0.39 is 34.2 Å². The summed E-state index contributed by atoms with van der Waals surface area (Å²) in [5, 5.41) is -1.48. The topological polar surface area (TPSA) is 0 Å². The van der Waals surface area contributed by atoms with E-state index in [1.54, 1.807) is 0 Å². The van der Waals surface area contributed by atoms with Crippen molar-refractivity contribution in [1.29, 1.82) is 0 Å². The standard InChI is InChI=1S/C7HClF6/c8-5-2(9)1-3(10)6(11)4(5)7(12,13)14/h1H. The van der Waals surface area contributed by atoms with Crippen molar-refractivity contribution in [2.45, 2.75) is 6.18 Å².